The van der Waals surface area contributed by atoms with Crippen LogP contribution in [0.1, 0.15) is 30.7 Å². The number of non-ortho nitro benzene ring substituents is 1. The summed E-state index contributed by atoms with van der Waals surface area (Å²) in [5.41, 5.74) is 8.64. The Hall–Kier alpha value is -3.96. The molecule has 2 aromatic carbocycles. The Morgan fingerprint density at radius 3 is 2.78 bits per heavy atom. The number of allylic oxidation sites excluding steroid dienone is 3. The number of nitrogens with zero attached hydrogens (tertiary/aromatic N) is 5. The number of benzene rings is 2. The van der Waals surface area contributed by atoms with Gasteiger partial charge in [0.1, 0.15) is 5.82 Å². The third-order valence-electron chi connectivity index (χ3n) is 6.44. The summed E-state index contributed by atoms with van der Waals surface area (Å²) in [5, 5.41) is 33.2. The lowest BCUT2D eigenvalue weighted by molar-refractivity contribution is -0.384. The molecule has 0 spiro atoms. The molecule has 1 amide bonds. The number of hydrogen-bond donors (Lipinski definition) is 2. The van der Waals surface area contributed by atoms with Crippen molar-refractivity contribution < 1.29 is 14.5 Å². The highest BCUT2D eigenvalue weighted by Gasteiger charge is 2.41. The summed E-state index contributed by atoms with van der Waals surface area (Å²) in [5.74, 6) is -1.08. The molecule has 5 rings (SSSR count). The molecule has 0 saturated carbocycles. The fourth-order valence-electron chi connectivity index (χ4n) is 4.70. The number of nitriles is 1. The highest BCUT2D eigenvalue weighted by atomic mass is 35.5. The van der Waals surface area contributed by atoms with Gasteiger partial charge in [0, 0.05) is 35.5 Å². The number of carbonyl (C=O) groups is 2. The number of rotatable bonds is 7. The third-order valence-corrected chi connectivity index (χ3v) is 9.23. The highest BCUT2D eigenvalue weighted by molar-refractivity contribution is 8.01. The summed E-state index contributed by atoms with van der Waals surface area (Å²) in [7, 11) is 0. The lowest BCUT2D eigenvalue weighted by Gasteiger charge is -2.38. The number of anilines is 2. The van der Waals surface area contributed by atoms with E-state index in [4.69, 9.17) is 28.9 Å². The molecule has 2 aliphatic rings. The Kier molecular flexibility index (Phi) is 8.27. The van der Waals surface area contributed by atoms with Gasteiger partial charge < -0.3 is 11.1 Å². The van der Waals surface area contributed by atoms with Crippen molar-refractivity contribution >= 4 is 74.5 Å². The molecule has 0 radical (unpaired) electrons. The van der Waals surface area contributed by atoms with Gasteiger partial charge in [-0.15, -0.1) is 10.2 Å². The topological polar surface area (TPSA) is 168 Å². The van der Waals surface area contributed by atoms with E-state index in [0.717, 1.165) is 23.1 Å². The third kappa shape index (κ3) is 5.77. The molecule has 15 heteroatoms. The van der Waals surface area contributed by atoms with Gasteiger partial charge in [0.25, 0.3) is 5.69 Å². The van der Waals surface area contributed by atoms with E-state index in [2.05, 4.69) is 21.6 Å². The summed E-state index contributed by atoms with van der Waals surface area (Å²) in [4.78, 5) is 37.8. The molecule has 3 N–H and O–H groups in total. The number of nitro groups is 1. The van der Waals surface area contributed by atoms with Gasteiger partial charge >= 0.3 is 0 Å². The van der Waals surface area contributed by atoms with Crippen LogP contribution in [-0.4, -0.2) is 32.6 Å². The van der Waals surface area contributed by atoms with Crippen molar-refractivity contribution in [2.45, 2.75) is 29.5 Å². The van der Waals surface area contributed by atoms with E-state index in [1.165, 1.54) is 18.2 Å². The number of amides is 1. The van der Waals surface area contributed by atoms with Crippen molar-refractivity contribution in [1.29, 1.82) is 5.26 Å². The van der Waals surface area contributed by atoms with Crippen molar-refractivity contribution in [3.63, 3.8) is 0 Å². The SMILES string of the molecule is N#CC1=C(N)N(c2nnc(SCC(=O)Nc3cccc([N+](=O)[O-])c3)s2)C2=C(C(=O)CCC2)C1c1ccc(Cl)c(Cl)c1. The number of hydrogen-bond acceptors (Lipinski definition) is 11. The molecule has 11 nitrogen and oxygen atoms in total. The molecule has 0 bridgehead atoms. The van der Waals surface area contributed by atoms with Gasteiger partial charge in [-0.25, -0.2) is 0 Å². The molecule has 208 valence electrons. The van der Waals surface area contributed by atoms with E-state index < -0.39 is 10.8 Å². The molecular formula is C26H19Cl2N7O4S2. The molecule has 1 aromatic heterocycles. The monoisotopic (exact) mass is 627 g/mol. The molecule has 2 heterocycles. The minimum absolute atomic E-state index is 0.0298. The number of aromatic nitrogens is 2. The molecule has 1 aliphatic carbocycles. The number of halogens is 2. The van der Waals surface area contributed by atoms with Crippen LogP contribution in [-0.2, 0) is 9.59 Å². The van der Waals surface area contributed by atoms with Crippen LogP contribution in [0.4, 0.5) is 16.5 Å². The minimum atomic E-state index is -0.701. The van der Waals surface area contributed by atoms with Crippen molar-refractivity contribution in [1.82, 2.24) is 10.2 Å². The maximum absolute atomic E-state index is 13.3. The first-order valence-corrected chi connectivity index (χ1v) is 14.7. The van der Waals surface area contributed by atoms with E-state index in [-0.39, 0.29) is 34.5 Å². The first-order valence-electron chi connectivity index (χ1n) is 12.1. The molecule has 3 aromatic rings. The second-order valence-electron chi connectivity index (χ2n) is 8.98. The lowest BCUT2D eigenvalue weighted by Crippen LogP contribution is -2.38. The van der Waals surface area contributed by atoms with Gasteiger partial charge in [-0.05, 0) is 36.6 Å². The van der Waals surface area contributed by atoms with Crippen molar-refractivity contribution in [2.75, 3.05) is 16.0 Å². The number of nitrogens with two attached hydrogens (primary N) is 1. The van der Waals surface area contributed by atoms with Gasteiger partial charge in [0.05, 0.1) is 38.3 Å². The van der Waals surface area contributed by atoms with Gasteiger partial charge in [-0.1, -0.05) is 58.4 Å². The van der Waals surface area contributed by atoms with Crippen LogP contribution < -0.4 is 16.0 Å². The average Bonchev–Trinajstić information content (AvgIpc) is 3.41. The summed E-state index contributed by atoms with van der Waals surface area (Å²) in [6.45, 7) is 0. The Bertz CT molecular complexity index is 1700. The molecule has 0 saturated heterocycles. The maximum Gasteiger partial charge on any atom is 0.271 e. The van der Waals surface area contributed by atoms with Gasteiger partial charge in [0.15, 0.2) is 10.1 Å². The highest BCUT2D eigenvalue weighted by Crippen LogP contribution is 2.47. The van der Waals surface area contributed by atoms with Crippen molar-refractivity contribution in [3.05, 3.63) is 90.9 Å². The predicted octanol–water partition coefficient (Wildman–Crippen LogP) is 5.79. The normalized spacial score (nSPS) is 16.9. The van der Waals surface area contributed by atoms with E-state index >= 15 is 0 Å². The van der Waals surface area contributed by atoms with Gasteiger partial charge in [0.2, 0.25) is 11.0 Å². The maximum atomic E-state index is 13.3. The first kappa shape index (κ1) is 28.6. The zero-order valence-corrected chi connectivity index (χ0v) is 24.1. The van der Waals surface area contributed by atoms with E-state index in [1.807, 2.05) is 0 Å². The number of Topliss-reactive ketones (excluding diaryl/α,β-unsaturated/α-hetero) is 1. The van der Waals surface area contributed by atoms with Crippen LogP contribution in [0.3, 0.4) is 0 Å². The van der Waals surface area contributed by atoms with Crippen LogP contribution in [0.25, 0.3) is 0 Å². The summed E-state index contributed by atoms with van der Waals surface area (Å²) in [6.07, 6.45) is 1.47. The number of ketones is 1. The average molecular weight is 629 g/mol. The molecule has 41 heavy (non-hydrogen) atoms. The van der Waals surface area contributed by atoms with Crippen LogP contribution in [0.15, 0.2) is 69.5 Å². The van der Waals surface area contributed by atoms with E-state index in [1.54, 1.807) is 29.2 Å². The van der Waals surface area contributed by atoms with Gasteiger partial charge in [-0.2, -0.15) is 5.26 Å². The predicted molar refractivity (Wildman–Crippen MR) is 157 cm³/mol. The molecule has 1 aliphatic heterocycles. The fraction of sp³-hybridized carbons (Fsp3) is 0.192. The van der Waals surface area contributed by atoms with E-state index in [0.29, 0.717) is 61.3 Å². The van der Waals surface area contributed by atoms with Crippen molar-refractivity contribution in [2.24, 2.45) is 5.73 Å². The zero-order chi connectivity index (χ0) is 29.3. The smallest absolute Gasteiger partial charge is 0.271 e. The quantitative estimate of drug-likeness (QED) is 0.186. The van der Waals surface area contributed by atoms with Crippen molar-refractivity contribution in [3.8, 4) is 6.07 Å². The largest absolute Gasteiger partial charge is 0.384 e. The van der Waals surface area contributed by atoms with Crippen LogP contribution >= 0.6 is 46.3 Å². The van der Waals surface area contributed by atoms with Crippen LogP contribution in [0.2, 0.25) is 10.0 Å². The molecule has 1 unspecified atom stereocenters. The fourth-order valence-corrected chi connectivity index (χ4v) is 6.69. The van der Waals surface area contributed by atoms with Crippen LogP contribution in [0.5, 0.6) is 0 Å². The Balaban J connectivity index is 1.40. The number of carbonyl (C=O) groups excluding carboxylic acids is 2. The second kappa shape index (κ2) is 11.9. The number of nitro benzene ring substituents is 1. The molecule has 1 atom stereocenters. The summed E-state index contributed by atoms with van der Waals surface area (Å²) >= 11 is 14.7. The Morgan fingerprint density at radius 2 is 2.05 bits per heavy atom. The van der Waals surface area contributed by atoms with E-state index in [9.17, 15) is 25.0 Å². The Morgan fingerprint density at radius 1 is 1.24 bits per heavy atom. The van der Waals surface area contributed by atoms with Gasteiger partial charge in [-0.3, -0.25) is 24.6 Å². The second-order valence-corrected chi connectivity index (χ2v) is 12.0. The lowest BCUT2D eigenvalue weighted by atomic mass is 9.76. The van der Waals surface area contributed by atoms with Crippen LogP contribution in [0, 0.1) is 21.4 Å². The zero-order valence-electron chi connectivity index (χ0n) is 21.0. The minimum Gasteiger partial charge on any atom is -0.384 e. The standard InChI is InChI=1S/C26H19Cl2N7O4S2/c27-17-8-7-13(9-18(17)28)22-16(11-29)24(30)34(19-5-2-6-20(36)23(19)22)25-32-33-26(41-25)40-12-21(37)31-14-3-1-4-15(10-14)35(38)39/h1,3-4,7-10,22H,2,5-6,12,30H2,(H,31,37). The summed E-state index contributed by atoms with van der Waals surface area (Å²) in [6, 6.07) is 12.8. The first-order chi connectivity index (χ1) is 19.7. The molecular weight excluding hydrogens is 609 g/mol. The number of nitrogens with one attached hydrogen (secondary N) is 1. The summed E-state index contributed by atoms with van der Waals surface area (Å²) < 4.78 is 0.455. The molecule has 0 fully saturated rings. The number of thioether (sulfide) groups is 1. The Labute approximate surface area is 251 Å².